The molecule has 0 aliphatic rings. The SMILES string of the molecule is O=C([O-])[O-].[Cs+].[Rb+]. The van der Waals surface area contributed by atoms with Gasteiger partial charge in [0.25, 0.3) is 0 Å². The van der Waals surface area contributed by atoms with Crippen LogP contribution in [0, 0.1) is 0 Å². The van der Waals surface area contributed by atoms with E-state index < -0.39 is 6.16 Å². The fraction of sp³-hybridized carbons (Fsp3) is 0. The monoisotopic (exact) mass is 278 g/mol. The first-order valence-corrected chi connectivity index (χ1v) is 0.612. The van der Waals surface area contributed by atoms with Gasteiger partial charge in [0, 0.05) is 0 Å². The average Bonchev–Trinajstić information content (AvgIpc) is 0.811. The summed E-state index contributed by atoms with van der Waals surface area (Å²) in [5.41, 5.74) is 0. The second-order valence-corrected chi connectivity index (χ2v) is 0.250. The quantitative estimate of drug-likeness (QED) is 0.442. The summed E-state index contributed by atoms with van der Waals surface area (Å²) < 4.78 is 0. The molecule has 0 aromatic heterocycles. The Hall–Kier alpha value is 3.13. The Labute approximate surface area is 143 Å². The Bertz CT molecular complexity index is 33.8. The van der Waals surface area contributed by atoms with Gasteiger partial charge >= 0.3 is 127 Å². The molecule has 0 N–H and O–H groups in total. The molecule has 0 unspecified atom stereocenters. The molecule has 0 saturated heterocycles. The van der Waals surface area contributed by atoms with E-state index in [-0.39, 0.29) is 127 Å². The van der Waals surface area contributed by atoms with Crippen LogP contribution in [0.25, 0.3) is 0 Å². The summed E-state index contributed by atoms with van der Waals surface area (Å²) in [7, 11) is 0. The standard InChI is InChI=1S/CH2O3.Cs.Rb/c2-1(3)4;;/h(H2,2,3,4);;/q;2*+1/p-2. The topological polar surface area (TPSA) is 63.2 Å². The van der Waals surface area contributed by atoms with E-state index in [1.807, 2.05) is 0 Å². The molecule has 24 valence electrons. The van der Waals surface area contributed by atoms with Crippen molar-refractivity contribution in [2.45, 2.75) is 0 Å². The molecule has 3 nitrogen and oxygen atoms in total. The molecule has 0 atom stereocenters. The molecule has 0 heterocycles. The van der Waals surface area contributed by atoms with Gasteiger partial charge in [-0.05, 0) is 6.16 Å². The molecule has 0 amide bonds. The Kier molecular flexibility index (Phi) is 29.4. The van der Waals surface area contributed by atoms with Crippen molar-refractivity contribution in [3.63, 3.8) is 0 Å². The molecule has 0 spiro atoms. The Morgan fingerprint density at radius 2 is 1.33 bits per heavy atom. The summed E-state index contributed by atoms with van der Waals surface area (Å²) in [6, 6.07) is 0. The Morgan fingerprint density at radius 3 is 1.33 bits per heavy atom. The average molecular weight is 278 g/mol. The smallest absolute Gasteiger partial charge is 0.652 e. The van der Waals surface area contributed by atoms with Crippen LogP contribution in [-0.4, -0.2) is 6.16 Å². The van der Waals surface area contributed by atoms with Crippen LogP contribution >= 0.6 is 0 Å². The van der Waals surface area contributed by atoms with Crippen LogP contribution in [-0.2, 0) is 0 Å². The summed E-state index contributed by atoms with van der Waals surface area (Å²) in [4.78, 5) is 8.33. The van der Waals surface area contributed by atoms with Crippen molar-refractivity contribution < 1.29 is 142 Å². The molecule has 0 aromatic carbocycles. The minimum Gasteiger partial charge on any atom is -0.652 e. The van der Waals surface area contributed by atoms with Gasteiger partial charge in [-0.2, -0.15) is 0 Å². The third kappa shape index (κ3) is 27.4. The van der Waals surface area contributed by atoms with E-state index in [0.717, 1.165) is 0 Å². The number of rotatable bonds is 0. The molecule has 0 bridgehead atoms. The molecule has 0 aliphatic carbocycles. The van der Waals surface area contributed by atoms with Gasteiger partial charge in [0.15, 0.2) is 0 Å². The van der Waals surface area contributed by atoms with Crippen molar-refractivity contribution >= 4 is 6.16 Å². The second kappa shape index (κ2) is 11.0. The minimum atomic E-state index is -2.33. The molecular weight excluding hydrogens is 278 g/mol. The maximum atomic E-state index is 8.33. The van der Waals surface area contributed by atoms with Crippen LogP contribution < -0.4 is 137 Å². The fourth-order valence-electron chi connectivity index (χ4n) is 0. The van der Waals surface area contributed by atoms with Crippen molar-refractivity contribution in [1.82, 2.24) is 0 Å². The van der Waals surface area contributed by atoms with Crippen molar-refractivity contribution in [2.75, 3.05) is 0 Å². The predicted molar refractivity (Wildman–Crippen MR) is 5.40 cm³/mol. The van der Waals surface area contributed by atoms with Crippen LogP contribution in [0.3, 0.4) is 0 Å². The first-order valence-electron chi connectivity index (χ1n) is 0.612. The van der Waals surface area contributed by atoms with E-state index in [0.29, 0.717) is 0 Å². The molecule has 0 saturated carbocycles. The zero-order valence-corrected chi connectivity index (χ0v) is 14.9. The first-order chi connectivity index (χ1) is 1.73. The maximum absolute atomic E-state index is 8.33. The number of carbonyl (C=O) groups is 1. The largest absolute Gasteiger partial charge is 1.00 e. The van der Waals surface area contributed by atoms with Gasteiger partial charge in [-0.3, -0.25) is 0 Å². The van der Waals surface area contributed by atoms with E-state index in [4.69, 9.17) is 15.0 Å². The molecule has 0 rings (SSSR count). The van der Waals surface area contributed by atoms with Crippen molar-refractivity contribution in [3.05, 3.63) is 0 Å². The molecule has 0 aromatic rings. The van der Waals surface area contributed by atoms with Gasteiger partial charge in [0.05, 0.1) is 0 Å². The number of hydrogen-bond acceptors (Lipinski definition) is 3. The van der Waals surface area contributed by atoms with Gasteiger partial charge in [-0.1, -0.05) is 0 Å². The van der Waals surface area contributed by atoms with Crippen LogP contribution in [0.1, 0.15) is 0 Å². The van der Waals surface area contributed by atoms with Crippen molar-refractivity contribution in [1.29, 1.82) is 0 Å². The summed E-state index contributed by atoms with van der Waals surface area (Å²) in [6.45, 7) is 0. The second-order valence-electron chi connectivity index (χ2n) is 0.250. The zero-order valence-electron chi connectivity index (χ0n) is 3.72. The van der Waals surface area contributed by atoms with Crippen LogP contribution in [0.15, 0.2) is 0 Å². The van der Waals surface area contributed by atoms with Crippen LogP contribution in [0.2, 0.25) is 0 Å². The maximum Gasteiger partial charge on any atom is 1.00 e. The molecule has 5 heteroatoms. The van der Waals surface area contributed by atoms with E-state index in [1.165, 1.54) is 0 Å². The van der Waals surface area contributed by atoms with Gasteiger partial charge in [0.1, 0.15) is 0 Å². The van der Waals surface area contributed by atoms with E-state index in [2.05, 4.69) is 0 Å². The van der Waals surface area contributed by atoms with E-state index >= 15 is 0 Å². The van der Waals surface area contributed by atoms with Crippen molar-refractivity contribution in [3.8, 4) is 0 Å². The fourth-order valence-corrected chi connectivity index (χ4v) is 0. The summed E-state index contributed by atoms with van der Waals surface area (Å²) in [6.07, 6.45) is -2.33. The Morgan fingerprint density at radius 1 is 1.33 bits per heavy atom. The minimum absolute atomic E-state index is 0. The predicted octanol–water partition coefficient (Wildman–Crippen LogP) is -8.44. The number of carboxylic acid groups (broad SMARTS) is 2. The third-order valence-corrected chi connectivity index (χ3v) is 0. The van der Waals surface area contributed by atoms with E-state index in [1.54, 1.807) is 0 Å². The van der Waals surface area contributed by atoms with Gasteiger partial charge < -0.3 is 15.0 Å². The molecule has 0 radical (unpaired) electrons. The molecule has 0 aliphatic heterocycles. The van der Waals surface area contributed by atoms with Crippen molar-refractivity contribution in [2.24, 2.45) is 0 Å². The summed E-state index contributed by atoms with van der Waals surface area (Å²) >= 11 is 0. The van der Waals surface area contributed by atoms with Crippen LogP contribution in [0.5, 0.6) is 0 Å². The first kappa shape index (κ1) is 16.1. The number of hydrogen-bond donors (Lipinski definition) is 0. The van der Waals surface area contributed by atoms with Gasteiger partial charge in [-0.15, -0.1) is 0 Å². The van der Waals surface area contributed by atoms with E-state index in [9.17, 15) is 0 Å². The molecule has 6 heavy (non-hydrogen) atoms. The summed E-state index contributed by atoms with van der Waals surface area (Å²) in [5.74, 6) is 0. The van der Waals surface area contributed by atoms with Gasteiger partial charge in [-0.25, -0.2) is 0 Å². The molecular formula is CCsO3Rb. The van der Waals surface area contributed by atoms with Gasteiger partial charge in [0.2, 0.25) is 0 Å². The van der Waals surface area contributed by atoms with Crippen LogP contribution in [0.4, 0.5) is 4.79 Å². The molecule has 0 fully saturated rings. The number of carbonyl (C=O) groups excluding carboxylic acids is 1. The summed E-state index contributed by atoms with van der Waals surface area (Å²) in [5, 5.41) is 16.7. The Balaban J connectivity index is -0.0000000450. The zero-order chi connectivity index (χ0) is 3.58. The third-order valence-electron chi connectivity index (χ3n) is 0. The normalized spacial score (nSPS) is 4.00.